The van der Waals surface area contributed by atoms with Gasteiger partial charge in [0.1, 0.15) is 11.8 Å². The van der Waals surface area contributed by atoms with Gasteiger partial charge >= 0.3 is 0 Å². The lowest BCUT2D eigenvalue weighted by atomic mass is 10.0. The second kappa shape index (κ2) is 12.6. The minimum Gasteiger partial charge on any atom is -0.482 e. The number of nitrogens with zero attached hydrogens (tertiary/aromatic N) is 5. The molecule has 5 rings (SSSR count). The van der Waals surface area contributed by atoms with Crippen molar-refractivity contribution in [3.8, 4) is 17.1 Å². The third kappa shape index (κ3) is 6.52. The fraction of sp³-hybridized carbons (Fsp3) is 0.419. The number of fused-ring (bicyclic) bond motifs is 2. The van der Waals surface area contributed by atoms with E-state index in [0.717, 1.165) is 5.56 Å². The standard InChI is InChI=1S/C31H37N7O5/c1-19(2)27-29-34-28(21-9-6-5-7-10-21)35-38(29)16-15-37(14-8-11-25(39)32-20(3)30(41)33-27)31(42)22-12-13-24-23(17-22)36(4)26(40)18-43-24/h5-7,9-10,12-13,17,19-20,27H,8,11,14-16,18H2,1-4H3,(H,32,39)(H,33,41)/t20-,27+/m1/s1. The van der Waals surface area contributed by atoms with Crippen molar-refractivity contribution in [2.45, 2.75) is 52.2 Å². The summed E-state index contributed by atoms with van der Waals surface area (Å²) in [6, 6.07) is 13.4. The first kappa shape index (κ1) is 29.7. The Labute approximate surface area is 250 Å². The van der Waals surface area contributed by atoms with E-state index in [4.69, 9.17) is 14.8 Å². The molecule has 43 heavy (non-hydrogen) atoms. The summed E-state index contributed by atoms with van der Waals surface area (Å²) in [5, 5.41) is 10.6. The summed E-state index contributed by atoms with van der Waals surface area (Å²) in [5.74, 6) is 0.557. The van der Waals surface area contributed by atoms with Crippen molar-refractivity contribution in [3.05, 3.63) is 59.9 Å². The van der Waals surface area contributed by atoms with Gasteiger partial charge in [-0.1, -0.05) is 44.2 Å². The minimum atomic E-state index is -0.753. The number of hydrogen-bond donors (Lipinski definition) is 2. The lowest BCUT2D eigenvalue weighted by molar-refractivity contribution is -0.129. The van der Waals surface area contributed by atoms with Gasteiger partial charge < -0.3 is 25.2 Å². The van der Waals surface area contributed by atoms with Gasteiger partial charge in [0.25, 0.3) is 11.8 Å². The molecule has 0 fully saturated rings. The summed E-state index contributed by atoms with van der Waals surface area (Å²) in [5.41, 5.74) is 1.76. The average molecular weight is 588 g/mol. The second-order valence-electron chi connectivity index (χ2n) is 11.2. The summed E-state index contributed by atoms with van der Waals surface area (Å²) >= 11 is 0. The Morgan fingerprint density at radius 3 is 2.53 bits per heavy atom. The summed E-state index contributed by atoms with van der Waals surface area (Å²) in [4.78, 5) is 59.9. The molecule has 12 nitrogen and oxygen atoms in total. The van der Waals surface area contributed by atoms with Gasteiger partial charge in [-0.2, -0.15) is 5.10 Å². The quantitative estimate of drug-likeness (QED) is 0.480. The molecule has 0 radical (unpaired) electrons. The van der Waals surface area contributed by atoms with Crippen molar-refractivity contribution in [2.24, 2.45) is 5.92 Å². The Kier molecular flexibility index (Phi) is 8.74. The highest BCUT2D eigenvalue weighted by molar-refractivity contribution is 6.01. The molecule has 0 unspecified atom stereocenters. The van der Waals surface area contributed by atoms with Crippen molar-refractivity contribution in [1.82, 2.24) is 30.3 Å². The van der Waals surface area contributed by atoms with Crippen molar-refractivity contribution < 1.29 is 23.9 Å². The Morgan fingerprint density at radius 2 is 1.79 bits per heavy atom. The van der Waals surface area contributed by atoms with Gasteiger partial charge in [-0.15, -0.1) is 0 Å². The molecule has 226 valence electrons. The zero-order chi connectivity index (χ0) is 30.7. The number of carbonyl (C=O) groups is 4. The van der Waals surface area contributed by atoms with Crippen LogP contribution in [-0.4, -0.2) is 76.1 Å². The van der Waals surface area contributed by atoms with E-state index in [1.807, 2.05) is 44.2 Å². The van der Waals surface area contributed by atoms with Crippen LogP contribution in [0.15, 0.2) is 48.5 Å². The number of amides is 4. The van der Waals surface area contributed by atoms with Crippen molar-refractivity contribution in [3.63, 3.8) is 0 Å². The van der Waals surface area contributed by atoms with Gasteiger partial charge in [-0.3, -0.25) is 19.2 Å². The highest BCUT2D eigenvalue weighted by atomic mass is 16.5. The molecule has 0 saturated carbocycles. The zero-order valence-corrected chi connectivity index (χ0v) is 24.9. The number of benzene rings is 2. The third-order valence-electron chi connectivity index (χ3n) is 7.74. The molecule has 2 aliphatic rings. The summed E-state index contributed by atoms with van der Waals surface area (Å²) in [6.45, 7) is 6.46. The molecule has 4 amide bonds. The van der Waals surface area contributed by atoms with E-state index in [1.54, 1.807) is 41.8 Å². The lowest BCUT2D eigenvalue weighted by Crippen LogP contribution is -2.47. The SMILES string of the molecule is CC(C)[C@@H]1NC(=O)[C@@H](C)NC(=O)CCCN(C(=O)c2ccc3c(c2)N(C)C(=O)CO3)CCn2nc(-c3ccccc3)nc21. The van der Waals surface area contributed by atoms with E-state index in [9.17, 15) is 19.2 Å². The molecule has 0 aliphatic carbocycles. The van der Waals surface area contributed by atoms with Gasteiger partial charge in [0.2, 0.25) is 11.8 Å². The monoisotopic (exact) mass is 587 g/mol. The maximum absolute atomic E-state index is 13.9. The second-order valence-corrected chi connectivity index (χ2v) is 11.2. The van der Waals surface area contributed by atoms with Crippen LogP contribution in [0.25, 0.3) is 11.4 Å². The molecule has 12 heteroatoms. The number of anilines is 1. The Bertz CT molecular complexity index is 1520. The number of nitrogens with one attached hydrogen (secondary N) is 2. The molecule has 0 bridgehead atoms. The molecule has 2 aromatic carbocycles. The maximum Gasteiger partial charge on any atom is 0.264 e. The Morgan fingerprint density at radius 1 is 1.02 bits per heavy atom. The van der Waals surface area contributed by atoms with Crippen molar-refractivity contribution in [1.29, 1.82) is 0 Å². The van der Waals surface area contributed by atoms with Gasteiger partial charge in [-0.05, 0) is 37.5 Å². The molecule has 1 aromatic heterocycles. The van der Waals surface area contributed by atoms with Crippen LogP contribution in [0.4, 0.5) is 5.69 Å². The first-order valence-corrected chi connectivity index (χ1v) is 14.5. The van der Waals surface area contributed by atoms with Gasteiger partial charge in [0, 0.05) is 37.7 Å². The van der Waals surface area contributed by atoms with Crippen LogP contribution < -0.4 is 20.3 Å². The number of carbonyl (C=O) groups excluding carboxylic acids is 4. The molecule has 2 atom stereocenters. The normalized spacial score (nSPS) is 20.0. The number of ether oxygens (including phenoxy) is 1. The predicted molar refractivity (Wildman–Crippen MR) is 159 cm³/mol. The van der Waals surface area contributed by atoms with Gasteiger partial charge in [0.05, 0.1) is 18.3 Å². The summed E-state index contributed by atoms with van der Waals surface area (Å²) < 4.78 is 7.29. The smallest absolute Gasteiger partial charge is 0.264 e. The highest BCUT2D eigenvalue weighted by Gasteiger charge is 2.30. The van der Waals surface area contributed by atoms with Gasteiger partial charge in [0.15, 0.2) is 18.3 Å². The minimum absolute atomic E-state index is 0.0403. The molecule has 2 N–H and O–H groups in total. The predicted octanol–water partition coefficient (Wildman–Crippen LogP) is 2.55. The largest absolute Gasteiger partial charge is 0.482 e. The van der Waals surface area contributed by atoms with Crippen molar-refractivity contribution in [2.75, 3.05) is 31.6 Å². The lowest BCUT2D eigenvalue weighted by Gasteiger charge is -2.28. The number of rotatable bonds is 3. The van der Waals surface area contributed by atoms with E-state index in [-0.39, 0.29) is 49.1 Å². The zero-order valence-electron chi connectivity index (χ0n) is 24.9. The third-order valence-corrected chi connectivity index (χ3v) is 7.74. The molecular weight excluding hydrogens is 550 g/mol. The molecule has 3 heterocycles. The van der Waals surface area contributed by atoms with Crippen LogP contribution in [0.3, 0.4) is 0 Å². The number of likely N-dealkylation sites (N-methyl/N-ethyl adjacent to an activating group) is 1. The highest BCUT2D eigenvalue weighted by Crippen LogP contribution is 2.32. The average Bonchev–Trinajstić information content (AvgIpc) is 3.42. The van der Waals surface area contributed by atoms with Crippen molar-refractivity contribution >= 4 is 29.3 Å². The van der Waals surface area contributed by atoms with E-state index in [2.05, 4.69) is 10.6 Å². The maximum atomic E-state index is 13.9. The molecule has 2 aliphatic heterocycles. The first-order valence-electron chi connectivity index (χ1n) is 14.5. The molecule has 0 spiro atoms. The van der Waals surface area contributed by atoms with Crippen LogP contribution in [0, 0.1) is 5.92 Å². The van der Waals surface area contributed by atoms with Crippen LogP contribution in [0.5, 0.6) is 5.75 Å². The summed E-state index contributed by atoms with van der Waals surface area (Å²) in [7, 11) is 1.65. The molecule has 0 saturated heterocycles. The van der Waals surface area contributed by atoms with Crippen LogP contribution in [0.1, 0.15) is 55.8 Å². The first-order chi connectivity index (χ1) is 20.6. The van der Waals surface area contributed by atoms with E-state index in [0.29, 0.717) is 48.2 Å². The fourth-order valence-corrected chi connectivity index (χ4v) is 5.19. The van der Waals surface area contributed by atoms with Crippen LogP contribution in [0.2, 0.25) is 0 Å². The summed E-state index contributed by atoms with van der Waals surface area (Å²) in [6.07, 6.45) is 0.545. The Balaban J connectivity index is 1.50. The van der Waals surface area contributed by atoms with E-state index in [1.165, 1.54) is 4.90 Å². The molecule has 3 aromatic rings. The molecular formula is C31H37N7O5. The van der Waals surface area contributed by atoms with E-state index >= 15 is 0 Å². The van der Waals surface area contributed by atoms with Gasteiger partial charge in [-0.25, -0.2) is 9.67 Å². The topological polar surface area (TPSA) is 139 Å². The Hall–Kier alpha value is -4.74. The van der Waals surface area contributed by atoms with Crippen LogP contribution in [-0.2, 0) is 20.9 Å². The van der Waals surface area contributed by atoms with Crippen LogP contribution >= 0.6 is 0 Å². The number of hydrogen-bond acceptors (Lipinski definition) is 7. The number of aromatic nitrogens is 3. The van der Waals surface area contributed by atoms with E-state index < -0.39 is 12.1 Å². The fourth-order valence-electron chi connectivity index (χ4n) is 5.19.